The second kappa shape index (κ2) is 5.21. The van der Waals surface area contributed by atoms with Gasteiger partial charge in [0.25, 0.3) is 0 Å². The van der Waals surface area contributed by atoms with Crippen molar-refractivity contribution in [2.24, 2.45) is 0 Å². The highest BCUT2D eigenvalue weighted by atomic mass is 16.6. The van der Waals surface area contributed by atoms with Gasteiger partial charge >= 0.3 is 5.97 Å². The summed E-state index contributed by atoms with van der Waals surface area (Å²) >= 11 is 0. The largest absolute Gasteiger partial charge is 0.453 e. The van der Waals surface area contributed by atoms with Gasteiger partial charge in [0.15, 0.2) is 0 Å². The smallest absolute Gasteiger partial charge is 0.333 e. The molecule has 1 rings (SSSR count). The lowest BCUT2D eigenvalue weighted by Crippen LogP contribution is -2.55. The number of esters is 1. The number of carbonyl (C=O) groups is 1. The molecule has 0 bridgehead atoms. The van der Waals surface area contributed by atoms with Gasteiger partial charge in [0, 0.05) is 5.57 Å². The van der Waals surface area contributed by atoms with Crippen LogP contribution in [0.4, 0.5) is 0 Å². The average Bonchev–Trinajstić information content (AvgIpc) is 2.29. The van der Waals surface area contributed by atoms with Crippen molar-refractivity contribution in [3.05, 3.63) is 12.2 Å². The molecule has 0 aliphatic heterocycles. The Kier molecular flexibility index (Phi) is 4.36. The van der Waals surface area contributed by atoms with Crippen LogP contribution in [0.2, 0.25) is 0 Å². The second-order valence-electron chi connectivity index (χ2n) is 5.35. The molecule has 1 N–H and O–H groups in total. The highest BCUT2D eigenvalue weighted by molar-refractivity contribution is 5.87. The van der Waals surface area contributed by atoms with E-state index in [4.69, 9.17) is 4.74 Å². The molecule has 1 unspecified atom stereocenters. The van der Waals surface area contributed by atoms with Gasteiger partial charge in [-0.25, -0.2) is 4.79 Å². The van der Waals surface area contributed by atoms with E-state index in [9.17, 15) is 9.90 Å². The van der Waals surface area contributed by atoms with Gasteiger partial charge < -0.3 is 9.84 Å². The Morgan fingerprint density at radius 3 is 2.35 bits per heavy atom. The van der Waals surface area contributed by atoms with Gasteiger partial charge in [-0.3, -0.25) is 0 Å². The standard InChI is InChI=1S/C14H24O3/c1-5-13(4,17-12(15)11(2)3)14(16)9-7-6-8-10-14/h16H,2,5-10H2,1,3-4H3. The van der Waals surface area contributed by atoms with Crippen LogP contribution in [0.15, 0.2) is 12.2 Å². The lowest BCUT2D eigenvalue weighted by Gasteiger charge is -2.46. The second-order valence-corrected chi connectivity index (χ2v) is 5.35. The first-order valence-corrected chi connectivity index (χ1v) is 6.46. The fourth-order valence-corrected chi connectivity index (χ4v) is 2.45. The van der Waals surface area contributed by atoms with E-state index >= 15 is 0 Å². The van der Waals surface area contributed by atoms with E-state index in [0.717, 1.165) is 19.3 Å². The lowest BCUT2D eigenvalue weighted by atomic mass is 9.72. The van der Waals surface area contributed by atoms with Crippen molar-refractivity contribution in [3.63, 3.8) is 0 Å². The molecule has 3 heteroatoms. The molecule has 0 aromatic carbocycles. The molecule has 1 fully saturated rings. The average molecular weight is 240 g/mol. The summed E-state index contributed by atoms with van der Waals surface area (Å²) < 4.78 is 5.50. The van der Waals surface area contributed by atoms with Gasteiger partial charge in [-0.15, -0.1) is 0 Å². The molecule has 1 aliphatic carbocycles. The zero-order valence-corrected chi connectivity index (χ0v) is 11.2. The third kappa shape index (κ3) is 2.89. The molecule has 1 aliphatic rings. The summed E-state index contributed by atoms with van der Waals surface area (Å²) in [5.74, 6) is -0.409. The zero-order valence-electron chi connectivity index (χ0n) is 11.2. The summed E-state index contributed by atoms with van der Waals surface area (Å²) in [6, 6.07) is 0. The number of ether oxygens (including phenoxy) is 1. The molecule has 0 saturated heterocycles. The van der Waals surface area contributed by atoms with Gasteiger partial charge in [0.05, 0.1) is 0 Å². The Labute approximate surface area is 104 Å². The number of rotatable bonds is 4. The molecule has 0 aromatic heterocycles. The van der Waals surface area contributed by atoms with E-state index in [1.165, 1.54) is 0 Å². The summed E-state index contributed by atoms with van der Waals surface area (Å²) in [5.41, 5.74) is -1.31. The Balaban J connectivity index is 2.86. The van der Waals surface area contributed by atoms with E-state index in [1.807, 2.05) is 13.8 Å². The van der Waals surface area contributed by atoms with Crippen LogP contribution < -0.4 is 0 Å². The first-order valence-electron chi connectivity index (χ1n) is 6.46. The van der Waals surface area contributed by atoms with Gasteiger partial charge in [0.2, 0.25) is 0 Å². The summed E-state index contributed by atoms with van der Waals surface area (Å²) in [6.07, 6.45) is 5.17. The molecule has 0 heterocycles. The van der Waals surface area contributed by atoms with Crippen LogP contribution in [0, 0.1) is 0 Å². The van der Waals surface area contributed by atoms with Crippen molar-refractivity contribution in [3.8, 4) is 0 Å². The monoisotopic (exact) mass is 240 g/mol. The molecular weight excluding hydrogens is 216 g/mol. The molecule has 0 amide bonds. The minimum atomic E-state index is -0.884. The van der Waals surface area contributed by atoms with Crippen molar-refractivity contribution < 1.29 is 14.6 Å². The van der Waals surface area contributed by atoms with Gasteiger partial charge in [-0.2, -0.15) is 0 Å². The first-order chi connectivity index (χ1) is 7.84. The van der Waals surface area contributed by atoms with Crippen molar-refractivity contribution in [2.75, 3.05) is 0 Å². The molecule has 17 heavy (non-hydrogen) atoms. The number of carbonyl (C=O) groups excluding carboxylic acids is 1. The third-order valence-electron chi connectivity index (χ3n) is 4.01. The fraction of sp³-hybridized carbons (Fsp3) is 0.786. The Hall–Kier alpha value is -0.830. The van der Waals surface area contributed by atoms with Crippen molar-refractivity contribution in [2.45, 2.75) is 70.5 Å². The van der Waals surface area contributed by atoms with Crippen LogP contribution in [-0.2, 0) is 9.53 Å². The topological polar surface area (TPSA) is 46.5 Å². The zero-order chi connectivity index (χ0) is 13.1. The van der Waals surface area contributed by atoms with E-state index < -0.39 is 17.2 Å². The molecular formula is C14H24O3. The van der Waals surface area contributed by atoms with Crippen LogP contribution in [0.3, 0.4) is 0 Å². The Bertz CT molecular complexity index is 303. The van der Waals surface area contributed by atoms with Crippen LogP contribution >= 0.6 is 0 Å². The van der Waals surface area contributed by atoms with Crippen LogP contribution in [-0.4, -0.2) is 22.3 Å². The van der Waals surface area contributed by atoms with Gasteiger partial charge in [-0.05, 0) is 33.1 Å². The van der Waals surface area contributed by atoms with E-state index in [1.54, 1.807) is 6.92 Å². The quantitative estimate of drug-likeness (QED) is 0.607. The Morgan fingerprint density at radius 1 is 1.41 bits per heavy atom. The summed E-state index contributed by atoms with van der Waals surface area (Å²) in [4.78, 5) is 11.7. The SMILES string of the molecule is C=C(C)C(=O)OC(C)(CC)C1(O)CCCCC1. The van der Waals surface area contributed by atoms with Crippen LogP contribution in [0.5, 0.6) is 0 Å². The summed E-state index contributed by atoms with van der Waals surface area (Å²) in [5, 5.41) is 10.7. The Morgan fingerprint density at radius 2 is 1.94 bits per heavy atom. The maximum Gasteiger partial charge on any atom is 0.333 e. The summed E-state index contributed by atoms with van der Waals surface area (Å²) in [7, 11) is 0. The number of hydrogen-bond acceptors (Lipinski definition) is 3. The maximum atomic E-state index is 11.7. The van der Waals surface area contributed by atoms with Crippen molar-refractivity contribution >= 4 is 5.97 Å². The lowest BCUT2D eigenvalue weighted by molar-refractivity contribution is -0.197. The molecule has 1 saturated carbocycles. The number of hydrogen-bond donors (Lipinski definition) is 1. The van der Waals surface area contributed by atoms with Crippen LogP contribution in [0.25, 0.3) is 0 Å². The molecule has 1 atom stereocenters. The summed E-state index contributed by atoms with van der Waals surface area (Å²) in [6.45, 7) is 8.99. The number of aliphatic hydroxyl groups is 1. The third-order valence-corrected chi connectivity index (χ3v) is 4.01. The van der Waals surface area contributed by atoms with E-state index in [2.05, 4.69) is 6.58 Å². The predicted molar refractivity (Wildman–Crippen MR) is 67.6 cm³/mol. The maximum absolute atomic E-state index is 11.7. The molecule has 0 spiro atoms. The van der Waals surface area contributed by atoms with Crippen LogP contribution in [0.1, 0.15) is 59.3 Å². The highest BCUT2D eigenvalue weighted by Crippen LogP contribution is 2.41. The highest BCUT2D eigenvalue weighted by Gasteiger charge is 2.49. The van der Waals surface area contributed by atoms with Crippen molar-refractivity contribution in [1.29, 1.82) is 0 Å². The van der Waals surface area contributed by atoms with Gasteiger partial charge in [-0.1, -0.05) is 32.8 Å². The minimum Gasteiger partial charge on any atom is -0.453 e. The molecule has 0 radical (unpaired) electrons. The minimum absolute atomic E-state index is 0.379. The van der Waals surface area contributed by atoms with E-state index in [0.29, 0.717) is 24.8 Å². The molecule has 0 aromatic rings. The van der Waals surface area contributed by atoms with Gasteiger partial charge in [0.1, 0.15) is 11.2 Å². The van der Waals surface area contributed by atoms with E-state index in [-0.39, 0.29) is 0 Å². The fourth-order valence-electron chi connectivity index (χ4n) is 2.45. The molecule has 98 valence electrons. The van der Waals surface area contributed by atoms with Crippen molar-refractivity contribution in [1.82, 2.24) is 0 Å². The predicted octanol–water partition coefficient (Wildman–Crippen LogP) is 2.97. The normalized spacial score (nSPS) is 22.6. The first kappa shape index (κ1) is 14.2. The molecule has 3 nitrogen and oxygen atoms in total.